The van der Waals surface area contributed by atoms with E-state index in [0.29, 0.717) is 67.7 Å². The second-order valence-corrected chi connectivity index (χ2v) is 17.9. The molecule has 17 N–H and O–H groups in total. The highest BCUT2D eigenvalue weighted by Crippen LogP contribution is 2.30. The first-order valence-corrected chi connectivity index (χ1v) is 24.7. The second kappa shape index (κ2) is 46.5. The van der Waals surface area contributed by atoms with Crippen LogP contribution in [-0.4, -0.2) is 162 Å². The minimum absolute atomic E-state index is 0. The summed E-state index contributed by atoms with van der Waals surface area (Å²) in [5.74, 6) is 0.883. The van der Waals surface area contributed by atoms with E-state index in [0.717, 1.165) is 61.6 Å². The smallest absolute Gasteiger partial charge is 0.374 e. The van der Waals surface area contributed by atoms with E-state index < -0.39 is 42.0 Å². The molecule has 0 unspecified atom stereocenters. The van der Waals surface area contributed by atoms with Gasteiger partial charge < -0.3 is 84.0 Å². The lowest BCUT2D eigenvalue weighted by Crippen LogP contribution is -2.45. The Labute approximate surface area is 437 Å². The number of likely N-dealkylation sites (N-methyl/N-ethyl adjacent to an activating group) is 1. The standard InChI is InChI=1S/C11H16O3S.C9H20BN3O2.C8H18BN3O3.C8H16ClN3O.C5H11NO.C2H6O.2ClH/c1-7-6-10(14-4)8(2)9(3)11(7)15(5,12)13;1-7(14)9(13-10(3)15)5-4-6-12-8(2)11;1-6(10)11-5-3-4-7(8(13)14)12-9(2)15;1-6(10)12-4-2-3-7(11)8(13)5-9;1-6-2-4-7-5-3-6;1-2-3;;/h6H,1-5H3;9,12-13,15H,2,4-6,11H2,1,3H3;7,11-12,15H,1,3-5,10H2,2H3,(H,13,14);7,12H,1-5,10-11H2;2-5H2,1H3;3H,2H2,1H3;2*1H/t;9-;2*7-;;;;/m.000..../s1. The van der Waals surface area contributed by atoms with Crippen molar-refractivity contribution in [2.45, 2.75) is 110 Å². The number of aliphatic hydroxyl groups is 1. The first kappa shape index (κ1) is 77.9. The first-order chi connectivity index (χ1) is 31.5. The van der Waals surface area contributed by atoms with Crippen LogP contribution in [0.4, 0.5) is 0 Å². The zero-order valence-corrected chi connectivity index (χ0v) is 46.4. The van der Waals surface area contributed by atoms with Gasteiger partial charge in [-0.2, -0.15) is 0 Å². The summed E-state index contributed by atoms with van der Waals surface area (Å²) >= 11 is 5.33. The normalized spacial score (nSPS) is 12.6. The van der Waals surface area contributed by atoms with Crippen LogP contribution in [0.25, 0.3) is 0 Å². The molecule has 410 valence electrons. The first-order valence-electron chi connectivity index (χ1n) is 22.3. The van der Waals surface area contributed by atoms with Gasteiger partial charge in [-0.15, -0.1) is 36.4 Å². The number of aliphatic carboxylic acids is 1. The zero-order valence-electron chi connectivity index (χ0n) is 43.2. The number of rotatable bonds is 25. The highest BCUT2D eigenvalue weighted by molar-refractivity contribution is 7.90. The summed E-state index contributed by atoms with van der Waals surface area (Å²) in [6.07, 6.45) is 5.13. The van der Waals surface area contributed by atoms with Gasteiger partial charge in [-0.05, 0) is 117 Å². The van der Waals surface area contributed by atoms with E-state index in [2.05, 4.69) is 58.1 Å². The Balaban J connectivity index is -0.000000181. The number of carbonyl (C=O) groups is 3. The summed E-state index contributed by atoms with van der Waals surface area (Å²) in [6, 6.07) is 0.277. The fourth-order valence-corrected chi connectivity index (χ4v) is 7.22. The van der Waals surface area contributed by atoms with Gasteiger partial charge in [-0.3, -0.25) is 14.4 Å². The molecule has 3 atom stereocenters. The third-order valence-electron chi connectivity index (χ3n) is 9.11. The minimum Gasteiger partial charge on any atom is -0.496 e. The van der Waals surface area contributed by atoms with E-state index in [4.69, 9.17) is 64.3 Å². The number of ether oxygens (including phenoxy) is 2. The van der Waals surface area contributed by atoms with Crippen LogP contribution in [0.2, 0.25) is 13.6 Å². The van der Waals surface area contributed by atoms with E-state index in [1.54, 1.807) is 40.8 Å². The van der Waals surface area contributed by atoms with Crippen LogP contribution in [0.15, 0.2) is 48.2 Å². The molecule has 0 radical (unpaired) electrons. The van der Waals surface area contributed by atoms with Crippen molar-refractivity contribution in [3.8, 4) is 5.75 Å². The van der Waals surface area contributed by atoms with Crippen LogP contribution >= 0.6 is 36.4 Å². The van der Waals surface area contributed by atoms with Gasteiger partial charge in [0, 0.05) is 45.6 Å². The number of sulfone groups is 1. The third kappa shape index (κ3) is 45.6. The summed E-state index contributed by atoms with van der Waals surface area (Å²) < 4.78 is 33.4. The predicted molar refractivity (Wildman–Crippen MR) is 291 cm³/mol. The maximum atomic E-state index is 11.6. The summed E-state index contributed by atoms with van der Waals surface area (Å²) in [5, 5.41) is 48.3. The van der Waals surface area contributed by atoms with E-state index in [1.165, 1.54) is 20.0 Å². The van der Waals surface area contributed by atoms with Crippen LogP contribution in [0.5, 0.6) is 5.75 Å². The lowest BCUT2D eigenvalue weighted by Gasteiger charge is -2.21. The number of aliphatic hydroxyl groups excluding tert-OH is 1. The number of nitrogens with two attached hydrogens (primary N) is 4. The number of carboxylic acid groups (broad SMARTS) is 1. The number of aryl methyl sites for hydroxylation is 1. The molecule has 0 spiro atoms. The maximum absolute atomic E-state index is 11.6. The summed E-state index contributed by atoms with van der Waals surface area (Å²) in [4.78, 5) is 35.5. The zero-order chi connectivity index (χ0) is 53.6. The van der Waals surface area contributed by atoms with E-state index in [9.17, 15) is 22.8 Å². The quantitative estimate of drug-likeness (QED) is 0.0371. The summed E-state index contributed by atoms with van der Waals surface area (Å²) in [7, 11) is -0.969. The van der Waals surface area contributed by atoms with Crippen molar-refractivity contribution >= 4 is 77.9 Å². The van der Waals surface area contributed by atoms with Gasteiger partial charge in [0.15, 0.2) is 15.6 Å². The molecule has 0 bridgehead atoms. The largest absolute Gasteiger partial charge is 0.496 e. The van der Waals surface area contributed by atoms with Crippen LogP contribution in [0.3, 0.4) is 0 Å². The number of ketones is 2. The predicted octanol–water partition coefficient (Wildman–Crippen LogP) is 1.12. The lowest BCUT2D eigenvalue weighted by atomic mass is 9.86. The molecule has 1 saturated heterocycles. The molecule has 1 aromatic carbocycles. The van der Waals surface area contributed by atoms with Crippen molar-refractivity contribution in [2.24, 2.45) is 22.9 Å². The van der Waals surface area contributed by atoms with Crippen molar-refractivity contribution in [3.63, 3.8) is 0 Å². The number of benzene rings is 1. The SMILES string of the molecule is C=C(N)NCCC[C@H](N)C(=O)CCl.C=C(N)NCCC[C@H](NB(C)O)C(=O)O.C=C(N)NCCC[C@H](NB(C)O)C(C)=O.CCO.CN1CCOCC1.COc1cc(C)c(S(C)(=O)=O)c(C)c1C.Cl.Cl. The van der Waals surface area contributed by atoms with E-state index >= 15 is 0 Å². The molecule has 1 heterocycles. The Morgan fingerprint density at radius 3 is 1.54 bits per heavy atom. The molecule has 1 fully saturated rings. The van der Waals surface area contributed by atoms with Crippen LogP contribution in [0, 0.1) is 20.8 Å². The van der Waals surface area contributed by atoms with Gasteiger partial charge >= 0.3 is 20.1 Å². The number of hydrogen-bond acceptors (Lipinski definition) is 20. The molecule has 21 nitrogen and oxygen atoms in total. The van der Waals surface area contributed by atoms with E-state index in [-0.39, 0.29) is 54.9 Å². The molecule has 70 heavy (non-hydrogen) atoms. The van der Waals surface area contributed by atoms with Crippen LogP contribution in [-0.2, 0) is 29.0 Å². The number of alkyl halides is 1. The molecule has 2 rings (SSSR count). The fraction of sp³-hybridized carbons (Fsp3) is 0.651. The Morgan fingerprint density at radius 1 is 0.857 bits per heavy atom. The van der Waals surface area contributed by atoms with Crippen molar-refractivity contribution in [2.75, 3.05) is 78.8 Å². The molecule has 0 amide bonds. The monoisotopic (exact) mass is 1080 g/mol. The van der Waals surface area contributed by atoms with Crippen LogP contribution in [0.1, 0.15) is 69.1 Å². The van der Waals surface area contributed by atoms with Gasteiger partial charge in [0.25, 0.3) is 0 Å². The topological polar surface area (TPSA) is 352 Å². The van der Waals surface area contributed by atoms with E-state index in [1.807, 2.05) is 6.92 Å². The number of nitrogens with zero attached hydrogens (tertiary/aromatic N) is 1. The molecule has 1 aliphatic rings. The molecule has 1 aliphatic heterocycles. The molecular weight excluding hydrogens is 993 g/mol. The number of methoxy groups -OCH3 is 1. The van der Waals surface area contributed by atoms with Gasteiger partial charge in [-0.1, -0.05) is 19.7 Å². The number of carbonyl (C=O) groups excluding carboxylic acids is 2. The molecule has 0 saturated carbocycles. The molecule has 27 heteroatoms. The maximum Gasteiger partial charge on any atom is 0.374 e. The Hall–Kier alpha value is -3.52. The number of nitrogens with one attached hydrogen (secondary N) is 5. The third-order valence-corrected chi connectivity index (χ3v) is 10.7. The van der Waals surface area contributed by atoms with Gasteiger partial charge in [0.05, 0.1) is 66.7 Å². The number of hydrogen-bond donors (Lipinski definition) is 13. The fourth-order valence-electron chi connectivity index (χ4n) is 5.66. The number of Topliss-reactive ketones (excluding diaryl/α,β-unsaturated/α-hetero) is 2. The van der Waals surface area contributed by atoms with Crippen molar-refractivity contribution in [1.82, 2.24) is 31.3 Å². The Kier molecular flexibility index (Phi) is 51.8. The van der Waals surface area contributed by atoms with Crippen LogP contribution < -0.4 is 54.1 Å². The van der Waals surface area contributed by atoms with Crippen molar-refractivity contribution < 1.29 is 52.5 Å². The average molecular weight is 1080 g/mol. The molecule has 0 aliphatic carbocycles. The van der Waals surface area contributed by atoms with Gasteiger partial charge in [0.1, 0.15) is 11.5 Å². The molecule has 0 aromatic heterocycles. The van der Waals surface area contributed by atoms with Gasteiger partial charge in [-0.25, -0.2) is 8.42 Å². The Morgan fingerprint density at radius 2 is 1.24 bits per heavy atom. The Bertz CT molecular complexity index is 1680. The lowest BCUT2D eigenvalue weighted by molar-refractivity contribution is -0.139. The number of carboxylic acids is 1. The van der Waals surface area contributed by atoms with Crippen molar-refractivity contribution in [3.05, 3.63) is 60.0 Å². The minimum atomic E-state index is -3.17. The summed E-state index contributed by atoms with van der Waals surface area (Å²) in [5.41, 5.74) is 23.8. The summed E-state index contributed by atoms with van der Waals surface area (Å²) in [6.45, 7) is 28.3. The van der Waals surface area contributed by atoms with Gasteiger partial charge in [0.2, 0.25) is 0 Å². The molecule has 1 aromatic rings. The average Bonchev–Trinajstić information content (AvgIpc) is 3.23. The van der Waals surface area contributed by atoms with Crippen molar-refractivity contribution in [1.29, 1.82) is 0 Å². The highest BCUT2D eigenvalue weighted by Gasteiger charge is 2.20. The number of morpholine rings is 1. The number of halogens is 3. The highest BCUT2D eigenvalue weighted by atomic mass is 35.5. The second-order valence-electron chi connectivity index (χ2n) is 15.7. The molecular formula is C43H89B2Cl3N10O11S.